The number of carbonyl (C=O) groups excluding carboxylic acids is 2. The van der Waals surface area contributed by atoms with Crippen LogP contribution in [-0.2, 0) is 0 Å². The van der Waals surface area contributed by atoms with Crippen LogP contribution in [0.5, 0.6) is 0 Å². The molecular formula is C24H20N4O2. The Labute approximate surface area is 174 Å². The first-order valence-electron chi connectivity index (χ1n) is 9.50. The molecule has 0 aliphatic rings. The SMILES string of the molecule is CNC(=O)c1cccc(NC(=O)c2cc(-c3ccccc3)n(-c3ccccc3)n2)c1. The zero-order valence-electron chi connectivity index (χ0n) is 16.4. The van der Waals surface area contributed by atoms with Gasteiger partial charge in [-0.2, -0.15) is 5.10 Å². The smallest absolute Gasteiger partial charge is 0.276 e. The fourth-order valence-corrected chi connectivity index (χ4v) is 3.15. The monoisotopic (exact) mass is 396 g/mol. The first-order chi connectivity index (χ1) is 14.7. The number of hydrogen-bond donors (Lipinski definition) is 2. The van der Waals surface area contributed by atoms with Crippen molar-refractivity contribution >= 4 is 17.5 Å². The number of anilines is 1. The molecule has 2 N–H and O–H groups in total. The number of amides is 2. The van der Waals surface area contributed by atoms with Gasteiger partial charge in [-0.25, -0.2) is 4.68 Å². The molecule has 6 heteroatoms. The third kappa shape index (κ3) is 3.98. The van der Waals surface area contributed by atoms with Gasteiger partial charge in [0.25, 0.3) is 11.8 Å². The van der Waals surface area contributed by atoms with E-state index < -0.39 is 0 Å². The van der Waals surface area contributed by atoms with Gasteiger partial charge in [-0.3, -0.25) is 9.59 Å². The first kappa shape index (κ1) is 19.1. The Hall–Kier alpha value is -4.19. The summed E-state index contributed by atoms with van der Waals surface area (Å²) in [7, 11) is 1.56. The summed E-state index contributed by atoms with van der Waals surface area (Å²) in [5, 5.41) is 9.95. The van der Waals surface area contributed by atoms with Crippen molar-refractivity contribution < 1.29 is 9.59 Å². The minimum atomic E-state index is -0.351. The number of hydrogen-bond acceptors (Lipinski definition) is 3. The fraction of sp³-hybridized carbons (Fsp3) is 0.0417. The molecule has 4 aromatic rings. The average molecular weight is 396 g/mol. The highest BCUT2D eigenvalue weighted by atomic mass is 16.2. The van der Waals surface area contributed by atoms with Crippen LogP contribution < -0.4 is 10.6 Å². The van der Waals surface area contributed by atoms with E-state index in [2.05, 4.69) is 15.7 Å². The molecule has 4 rings (SSSR count). The highest BCUT2D eigenvalue weighted by molar-refractivity contribution is 6.04. The number of para-hydroxylation sites is 1. The number of nitrogens with zero attached hydrogens (tertiary/aromatic N) is 2. The zero-order chi connectivity index (χ0) is 20.9. The van der Waals surface area contributed by atoms with Crippen LogP contribution >= 0.6 is 0 Å². The second-order valence-electron chi connectivity index (χ2n) is 6.64. The molecule has 1 heterocycles. The Morgan fingerprint density at radius 1 is 0.800 bits per heavy atom. The van der Waals surface area contributed by atoms with Gasteiger partial charge in [-0.05, 0) is 36.4 Å². The van der Waals surface area contributed by atoms with E-state index in [1.54, 1.807) is 42.1 Å². The van der Waals surface area contributed by atoms with Gasteiger partial charge in [-0.1, -0.05) is 54.6 Å². The molecule has 0 bridgehead atoms. The zero-order valence-corrected chi connectivity index (χ0v) is 16.4. The molecule has 0 atom stereocenters. The van der Waals surface area contributed by atoms with E-state index in [1.165, 1.54) is 0 Å². The summed E-state index contributed by atoms with van der Waals surface area (Å²) < 4.78 is 1.76. The molecule has 0 aliphatic heterocycles. The van der Waals surface area contributed by atoms with Crippen molar-refractivity contribution in [3.63, 3.8) is 0 Å². The largest absolute Gasteiger partial charge is 0.355 e. The number of aromatic nitrogens is 2. The van der Waals surface area contributed by atoms with Crippen molar-refractivity contribution in [2.24, 2.45) is 0 Å². The predicted molar refractivity (Wildman–Crippen MR) is 117 cm³/mol. The van der Waals surface area contributed by atoms with E-state index in [4.69, 9.17) is 0 Å². The van der Waals surface area contributed by atoms with Crippen LogP contribution in [0.25, 0.3) is 16.9 Å². The van der Waals surface area contributed by atoms with Crippen molar-refractivity contribution in [3.8, 4) is 16.9 Å². The van der Waals surface area contributed by atoms with Gasteiger partial charge in [0.1, 0.15) is 0 Å². The Bertz CT molecular complexity index is 1130. The minimum Gasteiger partial charge on any atom is -0.355 e. The van der Waals surface area contributed by atoms with Crippen LogP contribution in [0.1, 0.15) is 20.8 Å². The normalized spacial score (nSPS) is 10.4. The Morgan fingerprint density at radius 3 is 2.20 bits per heavy atom. The van der Waals surface area contributed by atoms with E-state index in [0.29, 0.717) is 11.3 Å². The lowest BCUT2D eigenvalue weighted by molar-refractivity contribution is 0.0961. The van der Waals surface area contributed by atoms with E-state index in [-0.39, 0.29) is 17.5 Å². The second-order valence-corrected chi connectivity index (χ2v) is 6.64. The van der Waals surface area contributed by atoms with Gasteiger partial charge in [0.05, 0.1) is 11.4 Å². The summed E-state index contributed by atoms with van der Waals surface area (Å²) in [5.74, 6) is -0.568. The second kappa shape index (κ2) is 8.45. The summed E-state index contributed by atoms with van der Waals surface area (Å²) in [6.07, 6.45) is 0. The van der Waals surface area contributed by atoms with Crippen LogP contribution in [0.15, 0.2) is 91.0 Å². The molecule has 2 amide bonds. The van der Waals surface area contributed by atoms with Crippen LogP contribution in [0.2, 0.25) is 0 Å². The molecule has 0 aliphatic carbocycles. The molecule has 1 aromatic heterocycles. The molecular weight excluding hydrogens is 376 g/mol. The van der Waals surface area contributed by atoms with E-state index in [9.17, 15) is 9.59 Å². The maximum absolute atomic E-state index is 12.9. The van der Waals surface area contributed by atoms with Crippen LogP contribution in [0.4, 0.5) is 5.69 Å². The molecule has 0 fully saturated rings. The molecule has 0 radical (unpaired) electrons. The van der Waals surface area contributed by atoms with Gasteiger partial charge in [0.2, 0.25) is 0 Å². The summed E-state index contributed by atoms with van der Waals surface area (Å²) >= 11 is 0. The van der Waals surface area contributed by atoms with E-state index >= 15 is 0 Å². The van der Waals surface area contributed by atoms with Crippen molar-refractivity contribution in [3.05, 3.63) is 102 Å². The van der Waals surface area contributed by atoms with Crippen LogP contribution in [0.3, 0.4) is 0 Å². The third-order valence-electron chi connectivity index (χ3n) is 4.62. The quantitative estimate of drug-likeness (QED) is 0.532. The van der Waals surface area contributed by atoms with Crippen molar-refractivity contribution in [1.29, 1.82) is 0 Å². The minimum absolute atomic E-state index is 0.217. The molecule has 148 valence electrons. The van der Waals surface area contributed by atoms with Crippen molar-refractivity contribution in [2.75, 3.05) is 12.4 Å². The molecule has 3 aromatic carbocycles. The summed E-state index contributed by atoms with van der Waals surface area (Å²) in [6.45, 7) is 0. The third-order valence-corrected chi connectivity index (χ3v) is 4.62. The summed E-state index contributed by atoms with van der Waals surface area (Å²) in [4.78, 5) is 24.7. The lowest BCUT2D eigenvalue weighted by Gasteiger charge is -2.07. The van der Waals surface area contributed by atoms with Gasteiger partial charge < -0.3 is 10.6 Å². The highest BCUT2D eigenvalue weighted by Gasteiger charge is 2.17. The van der Waals surface area contributed by atoms with Gasteiger partial charge in [0, 0.05) is 23.9 Å². The van der Waals surface area contributed by atoms with Gasteiger partial charge in [-0.15, -0.1) is 0 Å². The molecule has 0 unspecified atom stereocenters. The van der Waals surface area contributed by atoms with Crippen LogP contribution in [-0.4, -0.2) is 28.6 Å². The average Bonchev–Trinajstić information content (AvgIpc) is 3.26. The van der Waals surface area contributed by atoms with Gasteiger partial charge >= 0.3 is 0 Å². The fourth-order valence-electron chi connectivity index (χ4n) is 3.15. The summed E-state index contributed by atoms with van der Waals surface area (Å²) in [6, 6.07) is 28.0. The van der Waals surface area contributed by atoms with E-state index in [1.807, 2.05) is 60.7 Å². The molecule has 30 heavy (non-hydrogen) atoms. The Kier molecular flexibility index (Phi) is 5.39. The van der Waals surface area contributed by atoms with E-state index in [0.717, 1.165) is 16.9 Å². The predicted octanol–water partition coefficient (Wildman–Crippen LogP) is 4.15. The maximum Gasteiger partial charge on any atom is 0.276 e. The number of nitrogens with one attached hydrogen (secondary N) is 2. The number of benzene rings is 3. The number of rotatable bonds is 5. The lowest BCUT2D eigenvalue weighted by Crippen LogP contribution is -2.18. The summed E-state index contributed by atoms with van der Waals surface area (Å²) in [5.41, 5.74) is 3.90. The standard InChI is InChI=1S/C24H20N4O2/c1-25-23(29)18-11-8-12-19(15-18)26-24(30)21-16-22(17-9-4-2-5-10-17)28(27-21)20-13-6-3-7-14-20/h2-16H,1H3,(H,25,29)(H,26,30). The maximum atomic E-state index is 12.9. The molecule has 6 nitrogen and oxygen atoms in total. The molecule has 0 saturated heterocycles. The van der Waals surface area contributed by atoms with Crippen LogP contribution in [0, 0.1) is 0 Å². The molecule has 0 spiro atoms. The van der Waals surface area contributed by atoms with Crippen molar-refractivity contribution in [2.45, 2.75) is 0 Å². The Morgan fingerprint density at radius 2 is 1.50 bits per heavy atom. The van der Waals surface area contributed by atoms with Gasteiger partial charge in [0.15, 0.2) is 5.69 Å². The number of carbonyl (C=O) groups is 2. The topological polar surface area (TPSA) is 76.0 Å². The first-order valence-corrected chi connectivity index (χ1v) is 9.50. The highest BCUT2D eigenvalue weighted by Crippen LogP contribution is 2.24. The van der Waals surface area contributed by atoms with Crippen molar-refractivity contribution in [1.82, 2.24) is 15.1 Å². The lowest BCUT2D eigenvalue weighted by atomic mass is 10.1. The Balaban J connectivity index is 1.69. The molecule has 0 saturated carbocycles.